The van der Waals surface area contributed by atoms with Crippen LogP contribution in [0.5, 0.6) is 0 Å². The molecule has 2 aromatic heterocycles. The summed E-state index contributed by atoms with van der Waals surface area (Å²) in [5.41, 5.74) is 0.599. The van der Waals surface area contributed by atoms with Gasteiger partial charge in [-0.05, 0) is 49.3 Å². The van der Waals surface area contributed by atoms with Crippen LogP contribution < -0.4 is 16.0 Å². The molecule has 39 heavy (non-hydrogen) atoms. The molecule has 3 amide bonds. The molecule has 0 unspecified atom stereocenters. The number of hydrogen-bond acceptors (Lipinski definition) is 6. The van der Waals surface area contributed by atoms with E-state index in [2.05, 4.69) is 20.8 Å². The lowest BCUT2D eigenvalue weighted by atomic mass is 9.81. The fourth-order valence-electron chi connectivity index (χ4n) is 5.01. The van der Waals surface area contributed by atoms with Crippen LogP contribution in [0.3, 0.4) is 0 Å². The smallest absolute Gasteiger partial charge is 0.361 e. The number of carbonyl (C=O) groups is 3. The maximum atomic E-state index is 13.8. The second-order valence-electron chi connectivity index (χ2n) is 9.94. The second-order valence-corrected chi connectivity index (χ2v) is 9.94. The predicted molar refractivity (Wildman–Crippen MR) is 127 cm³/mol. The number of aryl methyl sites for hydroxylation is 1. The van der Waals surface area contributed by atoms with Gasteiger partial charge in [0.25, 0.3) is 5.91 Å². The van der Waals surface area contributed by atoms with Crippen molar-refractivity contribution in [2.75, 3.05) is 5.32 Å². The van der Waals surface area contributed by atoms with E-state index in [9.17, 15) is 36.3 Å². The molecule has 1 saturated carbocycles. The summed E-state index contributed by atoms with van der Waals surface area (Å²) in [6, 6.07) is -0.145. The quantitative estimate of drug-likeness (QED) is 0.424. The Hall–Kier alpha value is -3.58. The summed E-state index contributed by atoms with van der Waals surface area (Å²) < 4.78 is 71.6. The van der Waals surface area contributed by atoms with E-state index in [0.717, 1.165) is 0 Å². The van der Waals surface area contributed by atoms with Gasteiger partial charge in [-0.1, -0.05) is 12.1 Å². The SMILES string of the molecule is CCc1oncc1C(=O)N[C@@H](C(=O)Nc1cc(C[C@H]2C[C@@H](C(F)(F)F)NC2=O)ccn1)C1CCC(F)(F)CC1. The highest BCUT2D eigenvalue weighted by Gasteiger charge is 2.47. The summed E-state index contributed by atoms with van der Waals surface area (Å²) in [6.07, 6.45) is -2.90. The van der Waals surface area contributed by atoms with Crippen LogP contribution in [0.25, 0.3) is 0 Å². The number of rotatable bonds is 8. The maximum Gasteiger partial charge on any atom is 0.408 e. The molecule has 0 aromatic carbocycles. The van der Waals surface area contributed by atoms with Crippen LogP contribution in [0, 0.1) is 11.8 Å². The van der Waals surface area contributed by atoms with Crippen molar-refractivity contribution in [2.24, 2.45) is 11.8 Å². The van der Waals surface area contributed by atoms with Crippen molar-refractivity contribution in [3.63, 3.8) is 0 Å². The minimum Gasteiger partial charge on any atom is -0.361 e. The summed E-state index contributed by atoms with van der Waals surface area (Å²) >= 11 is 0. The van der Waals surface area contributed by atoms with Gasteiger partial charge in [0.15, 0.2) is 0 Å². The predicted octanol–water partition coefficient (Wildman–Crippen LogP) is 3.80. The average molecular weight is 558 g/mol. The van der Waals surface area contributed by atoms with E-state index in [0.29, 0.717) is 17.7 Å². The molecule has 4 rings (SSSR count). The van der Waals surface area contributed by atoms with E-state index < -0.39 is 73.0 Å². The number of aromatic nitrogens is 2. The lowest BCUT2D eigenvalue weighted by Gasteiger charge is -2.33. The minimum atomic E-state index is -4.55. The van der Waals surface area contributed by atoms with Crippen LogP contribution >= 0.6 is 0 Å². The molecule has 1 saturated heterocycles. The Bertz CT molecular complexity index is 1210. The fourth-order valence-corrected chi connectivity index (χ4v) is 5.01. The van der Waals surface area contributed by atoms with Gasteiger partial charge in [-0.3, -0.25) is 14.4 Å². The molecule has 3 N–H and O–H groups in total. The summed E-state index contributed by atoms with van der Waals surface area (Å²) in [4.78, 5) is 42.4. The molecule has 1 aliphatic heterocycles. The topological polar surface area (TPSA) is 126 Å². The molecule has 2 aromatic rings. The zero-order chi connectivity index (χ0) is 28.4. The Balaban J connectivity index is 1.47. The van der Waals surface area contributed by atoms with Crippen molar-refractivity contribution < 1.29 is 40.9 Å². The van der Waals surface area contributed by atoms with Crippen molar-refractivity contribution in [1.29, 1.82) is 0 Å². The third-order valence-electron chi connectivity index (χ3n) is 7.17. The summed E-state index contributed by atoms with van der Waals surface area (Å²) in [5, 5.41) is 10.8. The molecule has 2 fully saturated rings. The molecule has 2 aliphatic rings. The van der Waals surface area contributed by atoms with Crippen molar-refractivity contribution in [1.82, 2.24) is 20.8 Å². The van der Waals surface area contributed by atoms with Crippen LogP contribution in [0.2, 0.25) is 0 Å². The first-order chi connectivity index (χ1) is 18.4. The molecular weight excluding hydrogens is 529 g/mol. The maximum absolute atomic E-state index is 13.8. The normalized spacial score (nSPS) is 22.3. The summed E-state index contributed by atoms with van der Waals surface area (Å²) in [7, 11) is 0. The molecule has 212 valence electrons. The number of amides is 3. The van der Waals surface area contributed by atoms with E-state index in [4.69, 9.17) is 4.52 Å². The largest absolute Gasteiger partial charge is 0.408 e. The number of hydrogen-bond donors (Lipinski definition) is 3. The molecule has 1 aliphatic carbocycles. The highest BCUT2D eigenvalue weighted by molar-refractivity contribution is 6.01. The number of anilines is 1. The van der Waals surface area contributed by atoms with Crippen LogP contribution in [0.4, 0.5) is 27.8 Å². The first-order valence-electron chi connectivity index (χ1n) is 12.6. The molecule has 3 heterocycles. The Morgan fingerprint density at radius 2 is 1.97 bits per heavy atom. The Kier molecular flexibility index (Phi) is 8.21. The first kappa shape index (κ1) is 28.4. The van der Waals surface area contributed by atoms with E-state index in [1.54, 1.807) is 6.92 Å². The zero-order valence-corrected chi connectivity index (χ0v) is 21.0. The minimum absolute atomic E-state index is 0.000268. The number of halogens is 5. The molecular formula is C25H28F5N5O4. The van der Waals surface area contributed by atoms with Gasteiger partial charge in [0, 0.05) is 31.4 Å². The molecule has 0 spiro atoms. The standard InChI is InChI=1S/C25H28F5N5O4/c1-2-17-16(12-32-39-17)22(37)35-20(14-3-6-24(26,27)7-4-14)23(38)34-19-10-13(5-8-31-19)9-15-11-18(25(28,29)30)33-21(15)36/h5,8,10,12,14-15,18,20H,2-4,6-7,9,11H2,1H3,(H,33,36)(H,35,37)(H,31,34,38)/t15-,18-,20+/m0/s1. The number of carbonyl (C=O) groups excluding carboxylic acids is 3. The zero-order valence-electron chi connectivity index (χ0n) is 21.0. The second kappa shape index (κ2) is 11.3. The molecule has 0 radical (unpaired) electrons. The van der Waals surface area contributed by atoms with Gasteiger partial charge in [0.2, 0.25) is 17.7 Å². The van der Waals surface area contributed by atoms with E-state index >= 15 is 0 Å². The molecule has 14 heteroatoms. The van der Waals surface area contributed by atoms with Crippen LogP contribution in [-0.4, -0.2) is 52.0 Å². The Morgan fingerprint density at radius 1 is 1.26 bits per heavy atom. The van der Waals surface area contributed by atoms with Gasteiger partial charge in [0.1, 0.15) is 29.2 Å². The number of pyridine rings is 1. The fraction of sp³-hybridized carbons (Fsp3) is 0.560. The van der Waals surface area contributed by atoms with Gasteiger partial charge in [-0.25, -0.2) is 13.8 Å². The van der Waals surface area contributed by atoms with Crippen molar-refractivity contribution >= 4 is 23.5 Å². The van der Waals surface area contributed by atoms with Crippen molar-refractivity contribution in [2.45, 2.75) is 76.1 Å². The van der Waals surface area contributed by atoms with Gasteiger partial charge >= 0.3 is 6.18 Å². The third kappa shape index (κ3) is 6.90. The monoisotopic (exact) mass is 557 g/mol. The lowest BCUT2D eigenvalue weighted by molar-refractivity contribution is -0.154. The number of nitrogens with zero attached hydrogens (tertiary/aromatic N) is 2. The van der Waals surface area contributed by atoms with E-state index in [1.165, 1.54) is 24.5 Å². The molecule has 3 atom stereocenters. The van der Waals surface area contributed by atoms with E-state index in [-0.39, 0.29) is 30.6 Å². The average Bonchev–Trinajstić information content (AvgIpc) is 3.49. The first-order valence-corrected chi connectivity index (χ1v) is 12.6. The molecule has 0 bridgehead atoms. The number of nitrogens with one attached hydrogen (secondary N) is 3. The summed E-state index contributed by atoms with van der Waals surface area (Å²) in [6.45, 7) is 1.75. The van der Waals surface area contributed by atoms with E-state index in [1.807, 2.05) is 5.32 Å². The molecule has 9 nitrogen and oxygen atoms in total. The van der Waals surface area contributed by atoms with Gasteiger partial charge in [-0.15, -0.1) is 0 Å². The van der Waals surface area contributed by atoms with Gasteiger partial charge in [-0.2, -0.15) is 13.2 Å². The van der Waals surface area contributed by atoms with Crippen LogP contribution in [0.15, 0.2) is 29.0 Å². The highest BCUT2D eigenvalue weighted by atomic mass is 19.4. The highest BCUT2D eigenvalue weighted by Crippen LogP contribution is 2.38. The van der Waals surface area contributed by atoms with Crippen LogP contribution in [-0.2, 0) is 22.4 Å². The van der Waals surface area contributed by atoms with Crippen molar-refractivity contribution in [3.05, 3.63) is 41.4 Å². The van der Waals surface area contributed by atoms with Crippen molar-refractivity contribution in [3.8, 4) is 0 Å². The third-order valence-corrected chi connectivity index (χ3v) is 7.17. The van der Waals surface area contributed by atoms with Crippen LogP contribution in [0.1, 0.15) is 60.7 Å². The Labute approximate surface area is 220 Å². The number of alkyl halides is 5. The lowest BCUT2D eigenvalue weighted by Crippen LogP contribution is -2.50. The van der Waals surface area contributed by atoms with Gasteiger partial charge in [0.05, 0.1) is 6.20 Å². The summed E-state index contributed by atoms with van der Waals surface area (Å²) in [5.74, 6) is -6.02. The van der Waals surface area contributed by atoms with Gasteiger partial charge < -0.3 is 20.5 Å². The Morgan fingerprint density at radius 3 is 2.62 bits per heavy atom.